The molecule has 1 saturated carbocycles. The van der Waals surface area contributed by atoms with E-state index in [1.807, 2.05) is 12.1 Å². The monoisotopic (exact) mass is 222 g/mol. The predicted octanol–water partition coefficient (Wildman–Crippen LogP) is 4.85. The normalized spacial score (nSPS) is 17.1. The molecule has 15 heavy (non-hydrogen) atoms. The smallest absolute Gasteiger partial charge is 0.0406 e. The van der Waals surface area contributed by atoms with E-state index in [0.717, 1.165) is 10.9 Å². The van der Waals surface area contributed by atoms with E-state index >= 15 is 0 Å². The molecular weight excluding hydrogens is 204 g/mol. The molecule has 0 amide bonds. The molecule has 1 aromatic carbocycles. The third-order valence-electron chi connectivity index (χ3n) is 3.47. The van der Waals surface area contributed by atoms with Crippen molar-refractivity contribution in [3.63, 3.8) is 0 Å². The van der Waals surface area contributed by atoms with Crippen LogP contribution in [0.3, 0.4) is 0 Å². The first-order valence-corrected chi connectivity index (χ1v) is 6.47. The fourth-order valence-corrected chi connectivity index (χ4v) is 2.67. The Kier molecular flexibility index (Phi) is 4.08. The number of benzene rings is 1. The van der Waals surface area contributed by atoms with E-state index in [-0.39, 0.29) is 0 Å². The van der Waals surface area contributed by atoms with Crippen LogP contribution in [0.1, 0.15) is 44.1 Å². The van der Waals surface area contributed by atoms with Gasteiger partial charge in [-0.3, -0.25) is 0 Å². The second kappa shape index (κ2) is 5.55. The molecule has 0 aliphatic heterocycles. The van der Waals surface area contributed by atoms with Crippen molar-refractivity contribution in [2.75, 3.05) is 0 Å². The molecule has 1 aliphatic rings. The quantitative estimate of drug-likeness (QED) is 0.683. The highest BCUT2D eigenvalue weighted by molar-refractivity contribution is 6.30. The van der Waals surface area contributed by atoms with Gasteiger partial charge in [-0.2, -0.15) is 0 Å². The van der Waals surface area contributed by atoms with Gasteiger partial charge in [0.25, 0.3) is 0 Å². The lowest BCUT2D eigenvalue weighted by Gasteiger charge is -2.08. The Bertz CT molecular complexity index is 283. The number of hydrogen-bond acceptors (Lipinski definition) is 0. The van der Waals surface area contributed by atoms with Crippen LogP contribution in [0.2, 0.25) is 5.02 Å². The molecule has 0 radical (unpaired) electrons. The molecule has 1 fully saturated rings. The van der Waals surface area contributed by atoms with Crippen LogP contribution in [0.5, 0.6) is 0 Å². The highest BCUT2D eigenvalue weighted by atomic mass is 35.5. The van der Waals surface area contributed by atoms with Crippen molar-refractivity contribution in [3.8, 4) is 0 Å². The Morgan fingerprint density at radius 1 is 1.07 bits per heavy atom. The molecule has 2 rings (SSSR count). The molecule has 82 valence electrons. The summed E-state index contributed by atoms with van der Waals surface area (Å²) in [7, 11) is 0. The van der Waals surface area contributed by atoms with E-state index in [2.05, 4.69) is 12.1 Å². The van der Waals surface area contributed by atoms with E-state index in [1.54, 1.807) is 0 Å². The highest BCUT2D eigenvalue weighted by Crippen LogP contribution is 2.29. The molecule has 1 aliphatic carbocycles. The zero-order valence-electron chi connectivity index (χ0n) is 9.21. The maximum absolute atomic E-state index is 5.85. The maximum atomic E-state index is 5.85. The van der Waals surface area contributed by atoms with E-state index in [4.69, 9.17) is 11.6 Å². The van der Waals surface area contributed by atoms with Gasteiger partial charge in [0.2, 0.25) is 0 Å². The van der Waals surface area contributed by atoms with E-state index < -0.39 is 0 Å². The lowest BCUT2D eigenvalue weighted by Crippen LogP contribution is -1.94. The molecule has 0 saturated heterocycles. The van der Waals surface area contributed by atoms with E-state index in [1.165, 1.54) is 50.5 Å². The molecule has 1 aromatic rings. The van der Waals surface area contributed by atoms with Gasteiger partial charge in [-0.1, -0.05) is 55.8 Å². The molecule has 0 spiro atoms. The third-order valence-corrected chi connectivity index (χ3v) is 3.72. The minimum absolute atomic E-state index is 0.842. The second-order valence-electron chi connectivity index (χ2n) is 4.67. The Labute approximate surface area is 97.6 Å². The lowest BCUT2D eigenvalue weighted by atomic mass is 9.98. The molecule has 1 heteroatoms. The number of rotatable bonds is 4. The van der Waals surface area contributed by atoms with Crippen LogP contribution in [-0.2, 0) is 6.42 Å². The van der Waals surface area contributed by atoms with Gasteiger partial charge in [0, 0.05) is 5.02 Å². The average Bonchev–Trinajstić information content (AvgIpc) is 2.74. The summed E-state index contributed by atoms with van der Waals surface area (Å²) in [5, 5.41) is 0.842. The van der Waals surface area contributed by atoms with Gasteiger partial charge in [0.15, 0.2) is 0 Å². The van der Waals surface area contributed by atoms with Crippen LogP contribution in [0.15, 0.2) is 24.3 Å². The first kappa shape index (κ1) is 11.0. The molecule has 0 heterocycles. The van der Waals surface area contributed by atoms with Crippen LogP contribution in [0, 0.1) is 5.92 Å². The minimum Gasteiger partial charge on any atom is -0.0843 e. The van der Waals surface area contributed by atoms with Crippen molar-refractivity contribution in [3.05, 3.63) is 34.9 Å². The van der Waals surface area contributed by atoms with Gasteiger partial charge in [-0.05, 0) is 36.5 Å². The van der Waals surface area contributed by atoms with Crippen LogP contribution < -0.4 is 0 Å². The maximum Gasteiger partial charge on any atom is 0.0406 e. The molecule has 0 bridgehead atoms. The predicted molar refractivity (Wildman–Crippen MR) is 66.3 cm³/mol. The zero-order valence-corrected chi connectivity index (χ0v) is 9.97. The second-order valence-corrected chi connectivity index (χ2v) is 5.11. The van der Waals surface area contributed by atoms with Crippen molar-refractivity contribution in [2.45, 2.75) is 44.9 Å². The summed E-state index contributed by atoms with van der Waals surface area (Å²) in [6.45, 7) is 0. The topological polar surface area (TPSA) is 0 Å². The van der Waals surface area contributed by atoms with E-state index in [9.17, 15) is 0 Å². The van der Waals surface area contributed by atoms with Crippen molar-refractivity contribution in [1.29, 1.82) is 0 Å². The molecule has 0 N–H and O–H groups in total. The largest absolute Gasteiger partial charge is 0.0843 e. The van der Waals surface area contributed by atoms with Gasteiger partial charge in [-0.15, -0.1) is 0 Å². The standard InChI is InChI=1S/C14H19Cl/c15-14-10-8-13(9-11-14)7-3-6-12-4-1-2-5-12/h8-12H,1-7H2. The van der Waals surface area contributed by atoms with Crippen molar-refractivity contribution >= 4 is 11.6 Å². The Balaban J connectivity index is 1.71. The summed E-state index contributed by atoms with van der Waals surface area (Å²) in [5.41, 5.74) is 1.43. The van der Waals surface area contributed by atoms with Crippen molar-refractivity contribution < 1.29 is 0 Å². The summed E-state index contributed by atoms with van der Waals surface area (Å²) in [6, 6.07) is 8.28. The fourth-order valence-electron chi connectivity index (χ4n) is 2.54. The lowest BCUT2D eigenvalue weighted by molar-refractivity contribution is 0.484. The summed E-state index contributed by atoms with van der Waals surface area (Å²) < 4.78 is 0. The molecular formula is C14H19Cl. The zero-order chi connectivity index (χ0) is 10.5. The van der Waals surface area contributed by atoms with Gasteiger partial charge in [0.05, 0.1) is 0 Å². The fraction of sp³-hybridized carbons (Fsp3) is 0.571. The first-order chi connectivity index (χ1) is 7.34. The Morgan fingerprint density at radius 3 is 2.40 bits per heavy atom. The first-order valence-electron chi connectivity index (χ1n) is 6.09. The molecule has 0 unspecified atom stereocenters. The van der Waals surface area contributed by atoms with Crippen LogP contribution in [-0.4, -0.2) is 0 Å². The Morgan fingerprint density at radius 2 is 1.73 bits per heavy atom. The summed E-state index contributed by atoms with van der Waals surface area (Å²) in [6.07, 6.45) is 9.85. The number of halogens is 1. The highest BCUT2D eigenvalue weighted by Gasteiger charge is 2.13. The van der Waals surface area contributed by atoms with Crippen molar-refractivity contribution in [2.24, 2.45) is 5.92 Å². The SMILES string of the molecule is Clc1ccc(CCCC2CCCC2)cc1. The molecule has 0 nitrogen and oxygen atoms in total. The van der Waals surface area contributed by atoms with Crippen LogP contribution in [0.25, 0.3) is 0 Å². The van der Waals surface area contributed by atoms with Crippen molar-refractivity contribution in [1.82, 2.24) is 0 Å². The van der Waals surface area contributed by atoms with Gasteiger partial charge >= 0.3 is 0 Å². The summed E-state index contributed by atoms with van der Waals surface area (Å²) in [4.78, 5) is 0. The van der Waals surface area contributed by atoms with Gasteiger partial charge in [0.1, 0.15) is 0 Å². The van der Waals surface area contributed by atoms with E-state index in [0.29, 0.717) is 0 Å². The Hall–Kier alpha value is -0.490. The van der Waals surface area contributed by atoms with Crippen LogP contribution in [0.4, 0.5) is 0 Å². The minimum atomic E-state index is 0.842. The number of aryl methyl sites for hydroxylation is 1. The third kappa shape index (κ3) is 3.53. The number of hydrogen-bond donors (Lipinski definition) is 0. The summed E-state index contributed by atoms with van der Waals surface area (Å²) in [5.74, 6) is 1.03. The average molecular weight is 223 g/mol. The molecule has 0 aromatic heterocycles. The summed E-state index contributed by atoms with van der Waals surface area (Å²) >= 11 is 5.85. The van der Waals surface area contributed by atoms with Crippen LogP contribution >= 0.6 is 11.6 Å². The van der Waals surface area contributed by atoms with Gasteiger partial charge < -0.3 is 0 Å². The van der Waals surface area contributed by atoms with Gasteiger partial charge in [-0.25, -0.2) is 0 Å². The molecule has 0 atom stereocenters.